The third-order valence-electron chi connectivity index (χ3n) is 1.30. The van der Waals surface area contributed by atoms with Crippen molar-refractivity contribution < 1.29 is 9.90 Å². The van der Waals surface area contributed by atoms with Gasteiger partial charge in [-0.2, -0.15) is 0 Å². The zero-order valence-corrected chi connectivity index (χ0v) is 8.19. The van der Waals surface area contributed by atoms with Crippen molar-refractivity contribution in [3.63, 3.8) is 0 Å². The average Bonchev–Trinajstić information content (AvgIpc) is 1.96. The second-order valence-corrected chi connectivity index (χ2v) is 3.41. The first-order chi connectivity index (χ1) is 5.52. The molecule has 0 saturated carbocycles. The molecule has 0 aromatic heterocycles. The number of aromatic hydroxyl groups is 1. The van der Waals surface area contributed by atoms with Crippen LogP contribution in [-0.2, 0) is 0 Å². The Kier molecular flexibility index (Phi) is 2.59. The molecule has 0 aliphatic carbocycles. The number of rotatable bonds is 1. The van der Waals surface area contributed by atoms with Crippen molar-refractivity contribution in [3.05, 3.63) is 27.2 Å². The van der Waals surface area contributed by atoms with Gasteiger partial charge in [-0.05, 0) is 22.0 Å². The summed E-state index contributed by atoms with van der Waals surface area (Å²) in [6.07, 6.45) is 0. The van der Waals surface area contributed by atoms with Crippen LogP contribution in [0.15, 0.2) is 16.6 Å². The Labute approximate surface area is 82.3 Å². The van der Waals surface area contributed by atoms with Gasteiger partial charge in [0.25, 0.3) is 5.91 Å². The van der Waals surface area contributed by atoms with Crippen LogP contribution in [0.4, 0.5) is 0 Å². The Balaban J connectivity index is 3.33. The number of carbonyl (C=O) groups is 1. The predicted molar refractivity (Wildman–Crippen MR) is 49.3 cm³/mol. The van der Waals surface area contributed by atoms with E-state index in [1.54, 1.807) is 0 Å². The number of hydrogen-bond acceptors (Lipinski definition) is 2. The molecule has 1 amide bonds. The number of phenols is 1. The molecule has 64 valence electrons. The number of amides is 1. The quantitative estimate of drug-likeness (QED) is 0.800. The summed E-state index contributed by atoms with van der Waals surface area (Å²) in [5.41, 5.74) is 5.02. The van der Waals surface area contributed by atoms with Crippen LogP contribution in [0, 0.1) is 0 Å². The summed E-state index contributed by atoms with van der Waals surface area (Å²) >= 11 is 8.73. The molecule has 3 N–H and O–H groups in total. The van der Waals surface area contributed by atoms with Crippen LogP contribution in [0.3, 0.4) is 0 Å². The summed E-state index contributed by atoms with van der Waals surface area (Å²) in [5, 5.41) is 9.51. The minimum atomic E-state index is -0.690. The van der Waals surface area contributed by atoms with Gasteiger partial charge in [0, 0.05) is 10.5 Å². The van der Waals surface area contributed by atoms with Gasteiger partial charge in [-0.15, -0.1) is 0 Å². The van der Waals surface area contributed by atoms with Gasteiger partial charge in [-0.3, -0.25) is 4.79 Å². The SMILES string of the molecule is NC(=O)c1cc(Br)c(Cl)cc1O. The molecule has 5 heteroatoms. The third-order valence-corrected chi connectivity index (χ3v) is 2.50. The van der Waals surface area contributed by atoms with Gasteiger partial charge in [0.2, 0.25) is 0 Å². The zero-order valence-electron chi connectivity index (χ0n) is 5.84. The van der Waals surface area contributed by atoms with E-state index >= 15 is 0 Å². The predicted octanol–water partition coefficient (Wildman–Crippen LogP) is 1.91. The summed E-state index contributed by atoms with van der Waals surface area (Å²) in [7, 11) is 0. The van der Waals surface area contributed by atoms with E-state index in [0.717, 1.165) is 0 Å². The van der Waals surface area contributed by atoms with Crippen LogP contribution < -0.4 is 5.73 Å². The number of nitrogens with two attached hydrogens (primary N) is 1. The Morgan fingerprint density at radius 3 is 2.67 bits per heavy atom. The smallest absolute Gasteiger partial charge is 0.252 e. The third kappa shape index (κ3) is 1.70. The van der Waals surface area contributed by atoms with E-state index in [-0.39, 0.29) is 11.3 Å². The molecule has 1 aromatic carbocycles. The fourth-order valence-corrected chi connectivity index (χ4v) is 1.23. The van der Waals surface area contributed by atoms with E-state index in [4.69, 9.17) is 17.3 Å². The molecule has 1 rings (SSSR count). The van der Waals surface area contributed by atoms with E-state index in [1.165, 1.54) is 12.1 Å². The molecular formula is C7H5BrClNO2. The van der Waals surface area contributed by atoms with Crippen LogP contribution >= 0.6 is 27.5 Å². The van der Waals surface area contributed by atoms with Crippen molar-refractivity contribution in [3.8, 4) is 5.75 Å². The minimum Gasteiger partial charge on any atom is -0.507 e. The highest BCUT2D eigenvalue weighted by atomic mass is 79.9. The lowest BCUT2D eigenvalue weighted by atomic mass is 10.2. The first kappa shape index (κ1) is 9.35. The van der Waals surface area contributed by atoms with Gasteiger partial charge in [0.1, 0.15) is 5.75 Å². The van der Waals surface area contributed by atoms with Gasteiger partial charge < -0.3 is 10.8 Å². The summed E-state index contributed by atoms with van der Waals surface area (Å²) < 4.78 is 0.524. The first-order valence-corrected chi connectivity index (χ1v) is 4.17. The van der Waals surface area contributed by atoms with Crippen LogP contribution in [0.5, 0.6) is 5.75 Å². The standard InChI is InChI=1S/C7H5BrClNO2/c8-4-1-3(7(10)12)6(11)2-5(4)9/h1-2,11H,(H2,10,12). The number of benzene rings is 1. The summed E-state index contributed by atoms with van der Waals surface area (Å²) in [5.74, 6) is -0.902. The maximum absolute atomic E-state index is 10.7. The van der Waals surface area contributed by atoms with E-state index in [9.17, 15) is 9.90 Å². The molecule has 12 heavy (non-hydrogen) atoms. The molecule has 0 heterocycles. The molecule has 1 aromatic rings. The highest BCUT2D eigenvalue weighted by Crippen LogP contribution is 2.29. The topological polar surface area (TPSA) is 63.3 Å². The molecule has 0 saturated heterocycles. The maximum Gasteiger partial charge on any atom is 0.252 e. The van der Waals surface area contributed by atoms with Gasteiger partial charge in [-0.1, -0.05) is 11.6 Å². The average molecular weight is 250 g/mol. The minimum absolute atomic E-state index is 0.0475. The molecule has 0 spiro atoms. The maximum atomic E-state index is 10.7. The fourth-order valence-electron chi connectivity index (χ4n) is 0.734. The molecule has 0 radical (unpaired) electrons. The van der Waals surface area contributed by atoms with E-state index in [0.29, 0.717) is 9.50 Å². The Morgan fingerprint density at radius 2 is 2.17 bits per heavy atom. The van der Waals surface area contributed by atoms with E-state index in [2.05, 4.69) is 15.9 Å². The second-order valence-electron chi connectivity index (χ2n) is 2.15. The van der Waals surface area contributed by atoms with Crippen LogP contribution in [-0.4, -0.2) is 11.0 Å². The lowest BCUT2D eigenvalue weighted by Crippen LogP contribution is -2.11. The van der Waals surface area contributed by atoms with Crippen molar-refractivity contribution in [2.24, 2.45) is 5.73 Å². The summed E-state index contributed by atoms with van der Waals surface area (Å²) in [4.78, 5) is 10.7. The number of primary amides is 1. The zero-order chi connectivity index (χ0) is 9.30. The largest absolute Gasteiger partial charge is 0.507 e. The van der Waals surface area contributed by atoms with Gasteiger partial charge >= 0.3 is 0 Å². The molecular weight excluding hydrogens is 245 g/mol. The highest BCUT2D eigenvalue weighted by molar-refractivity contribution is 9.10. The van der Waals surface area contributed by atoms with Gasteiger partial charge in [0.15, 0.2) is 0 Å². The van der Waals surface area contributed by atoms with Crippen molar-refractivity contribution >= 4 is 33.4 Å². The molecule has 0 unspecified atom stereocenters. The van der Waals surface area contributed by atoms with Crippen molar-refractivity contribution in [1.29, 1.82) is 0 Å². The molecule has 0 aliphatic heterocycles. The van der Waals surface area contributed by atoms with Crippen LogP contribution in [0.2, 0.25) is 5.02 Å². The number of hydrogen-bond donors (Lipinski definition) is 2. The summed E-state index contributed by atoms with van der Waals surface area (Å²) in [6.45, 7) is 0. The monoisotopic (exact) mass is 249 g/mol. The van der Waals surface area contributed by atoms with Crippen molar-refractivity contribution in [2.75, 3.05) is 0 Å². The lowest BCUT2D eigenvalue weighted by Gasteiger charge is -2.02. The molecule has 0 fully saturated rings. The highest BCUT2D eigenvalue weighted by Gasteiger charge is 2.10. The first-order valence-electron chi connectivity index (χ1n) is 3.00. The van der Waals surface area contributed by atoms with Gasteiger partial charge in [-0.25, -0.2) is 0 Å². The van der Waals surface area contributed by atoms with Crippen molar-refractivity contribution in [1.82, 2.24) is 0 Å². The van der Waals surface area contributed by atoms with E-state index in [1.807, 2.05) is 0 Å². The van der Waals surface area contributed by atoms with Crippen molar-refractivity contribution in [2.45, 2.75) is 0 Å². The van der Waals surface area contributed by atoms with Crippen LogP contribution in [0.25, 0.3) is 0 Å². The molecule has 0 aliphatic rings. The second kappa shape index (κ2) is 3.33. The normalized spacial score (nSPS) is 9.83. The Morgan fingerprint density at radius 1 is 1.58 bits per heavy atom. The summed E-state index contributed by atoms with van der Waals surface area (Å²) in [6, 6.07) is 2.63. The lowest BCUT2D eigenvalue weighted by molar-refractivity contribution is 0.0997. The van der Waals surface area contributed by atoms with E-state index < -0.39 is 5.91 Å². The fraction of sp³-hybridized carbons (Fsp3) is 0. The van der Waals surface area contributed by atoms with Gasteiger partial charge in [0.05, 0.1) is 10.6 Å². The Bertz CT molecular complexity index is 340. The number of carbonyl (C=O) groups excluding carboxylic acids is 1. The number of halogens is 2. The Hall–Kier alpha value is -0.740. The van der Waals surface area contributed by atoms with Crippen LogP contribution in [0.1, 0.15) is 10.4 Å². The molecule has 0 atom stereocenters. The molecule has 3 nitrogen and oxygen atoms in total. The molecule has 0 bridgehead atoms.